The van der Waals surface area contributed by atoms with Crippen LogP contribution in [-0.4, -0.2) is 32.1 Å². The number of benzene rings is 2. The Balaban J connectivity index is 1.56. The molecule has 2 aromatic carbocycles. The number of nitrogens with zero attached hydrogens (tertiary/aromatic N) is 3. The number of fused-ring (bicyclic) bond motifs is 2. The summed E-state index contributed by atoms with van der Waals surface area (Å²) in [6.45, 7) is 5.68. The van der Waals surface area contributed by atoms with Gasteiger partial charge in [0.2, 0.25) is 5.91 Å². The Hall–Kier alpha value is -5.30. The van der Waals surface area contributed by atoms with Crippen LogP contribution in [0.5, 0.6) is 0 Å². The topological polar surface area (TPSA) is 135 Å². The second kappa shape index (κ2) is 12.5. The molecular formula is C33H30N6O3. The summed E-state index contributed by atoms with van der Waals surface area (Å²) in [7, 11) is 0. The number of aliphatic hydroxyl groups is 1. The number of carbonyl (C=O) groups excluding carboxylic acids is 1. The summed E-state index contributed by atoms with van der Waals surface area (Å²) < 4.78 is 1.63. The largest absolute Gasteiger partial charge is 0.383 e. The van der Waals surface area contributed by atoms with Gasteiger partial charge in [0.05, 0.1) is 16.5 Å². The molecule has 5 aromatic rings. The molecule has 9 heteroatoms. The van der Waals surface area contributed by atoms with Crippen LogP contribution in [0.2, 0.25) is 0 Å². The SMILES string of the molecule is C=CC(=O)NCCC#Cc1cccc2cc([C@H](C)NC(O)c3c(N)ncc4cccnc34)n(-c3ccccc3)c(=O)c12. The zero-order chi connectivity index (χ0) is 29.6. The highest BCUT2D eigenvalue weighted by molar-refractivity contribution is 5.88. The van der Waals surface area contributed by atoms with Crippen molar-refractivity contribution < 1.29 is 9.90 Å². The van der Waals surface area contributed by atoms with Gasteiger partial charge in [-0.3, -0.25) is 24.5 Å². The molecule has 3 heterocycles. The van der Waals surface area contributed by atoms with Crippen LogP contribution in [0.3, 0.4) is 0 Å². The number of aliphatic hydroxyl groups excluding tert-OH is 1. The van der Waals surface area contributed by atoms with Crippen LogP contribution >= 0.6 is 0 Å². The number of nitrogens with two attached hydrogens (primary N) is 1. The number of anilines is 1. The van der Waals surface area contributed by atoms with Crippen LogP contribution in [0.25, 0.3) is 27.4 Å². The number of para-hydroxylation sites is 1. The molecule has 42 heavy (non-hydrogen) atoms. The van der Waals surface area contributed by atoms with Crippen molar-refractivity contribution >= 4 is 33.4 Å². The van der Waals surface area contributed by atoms with Gasteiger partial charge >= 0.3 is 0 Å². The molecule has 0 aliphatic rings. The fraction of sp³-hybridized carbons (Fsp3) is 0.152. The Morgan fingerprint density at radius 1 is 1.12 bits per heavy atom. The molecule has 0 saturated heterocycles. The van der Waals surface area contributed by atoms with Crippen LogP contribution in [-0.2, 0) is 4.79 Å². The maximum atomic E-state index is 14.2. The van der Waals surface area contributed by atoms with Gasteiger partial charge in [-0.2, -0.15) is 0 Å². The smallest absolute Gasteiger partial charge is 0.264 e. The van der Waals surface area contributed by atoms with Crippen LogP contribution in [0.1, 0.15) is 42.4 Å². The van der Waals surface area contributed by atoms with Gasteiger partial charge in [-0.25, -0.2) is 4.98 Å². The van der Waals surface area contributed by atoms with Crippen LogP contribution < -0.4 is 21.9 Å². The molecule has 0 fully saturated rings. The van der Waals surface area contributed by atoms with Gasteiger partial charge in [0.1, 0.15) is 12.0 Å². The Kier molecular flexibility index (Phi) is 8.39. The molecule has 5 N–H and O–H groups in total. The van der Waals surface area contributed by atoms with Crippen LogP contribution in [0.4, 0.5) is 5.82 Å². The lowest BCUT2D eigenvalue weighted by atomic mass is 10.0. The Bertz CT molecular complexity index is 1910. The fourth-order valence-corrected chi connectivity index (χ4v) is 4.88. The molecule has 0 bridgehead atoms. The molecule has 0 radical (unpaired) electrons. The summed E-state index contributed by atoms with van der Waals surface area (Å²) in [5, 5.41) is 19.1. The standard InChI is InChI=1S/C33H30N6O3/c1-3-27(40)35-17-8-7-11-22-12-9-13-23-19-26(39(33(42)28(22)23)25-15-5-4-6-16-25)21(2)38-32(41)29-30-24(14-10-18-36-30)20-37-31(29)34/h3-6,9-10,12-16,18-21,32,38,41H,1,8,17H2,2H3,(H2,34,37)(H,35,40)/t21-,32?/m0/s1. The van der Waals surface area contributed by atoms with Crippen molar-refractivity contribution in [2.24, 2.45) is 0 Å². The summed E-state index contributed by atoms with van der Waals surface area (Å²) in [4.78, 5) is 34.2. The fourth-order valence-electron chi connectivity index (χ4n) is 4.88. The van der Waals surface area contributed by atoms with Gasteiger partial charge in [-0.15, -0.1) is 0 Å². The van der Waals surface area contributed by atoms with Crippen LogP contribution in [0.15, 0.2) is 96.6 Å². The van der Waals surface area contributed by atoms with Gasteiger partial charge in [0.25, 0.3) is 5.56 Å². The molecule has 0 spiro atoms. The van der Waals surface area contributed by atoms with Crippen molar-refractivity contribution in [2.45, 2.75) is 25.6 Å². The van der Waals surface area contributed by atoms with Crippen molar-refractivity contribution in [3.05, 3.63) is 119 Å². The molecule has 3 aromatic heterocycles. The number of amides is 1. The van der Waals surface area contributed by atoms with E-state index in [0.29, 0.717) is 51.8 Å². The zero-order valence-corrected chi connectivity index (χ0v) is 23.0. The quantitative estimate of drug-likeness (QED) is 0.0982. The number of hydrogen-bond donors (Lipinski definition) is 4. The molecule has 0 aliphatic heterocycles. The van der Waals surface area contributed by atoms with Gasteiger partial charge in [-0.05, 0) is 54.8 Å². The molecule has 210 valence electrons. The minimum absolute atomic E-state index is 0.166. The van der Waals surface area contributed by atoms with E-state index in [4.69, 9.17) is 5.73 Å². The number of aromatic nitrogens is 3. The van der Waals surface area contributed by atoms with E-state index in [1.54, 1.807) is 23.0 Å². The van der Waals surface area contributed by atoms with E-state index < -0.39 is 12.3 Å². The molecule has 5 rings (SSSR count). The summed E-state index contributed by atoms with van der Waals surface area (Å²) in [5.74, 6) is 6.05. The van der Waals surface area contributed by atoms with E-state index in [1.165, 1.54) is 6.08 Å². The lowest BCUT2D eigenvalue weighted by Crippen LogP contribution is -2.31. The third kappa shape index (κ3) is 5.76. The molecular weight excluding hydrogens is 528 g/mol. The maximum absolute atomic E-state index is 14.2. The van der Waals surface area contributed by atoms with Crippen molar-refractivity contribution in [3.8, 4) is 17.5 Å². The summed E-state index contributed by atoms with van der Waals surface area (Å²) in [6, 6.07) is 19.9. The van der Waals surface area contributed by atoms with E-state index in [-0.39, 0.29) is 17.3 Å². The Morgan fingerprint density at radius 2 is 1.90 bits per heavy atom. The van der Waals surface area contributed by atoms with E-state index in [2.05, 4.69) is 39.0 Å². The predicted octanol–water partition coefficient (Wildman–Crippen LogP) is 3.90. The third-order valence-corrected chi connectivity index (χ3v) is 6.88. The minimum Gasteiger partial charge on any atom is -0.383 e. The second-order valence-electron chi connectivity index (χ2n) is 9.65. The summed E-state index contributed by atoms with van der Waals surface area (Å²) >= 11 is 0. The molecule has 9 nitrogen and oxygen atoms in total. The second-order valence-corrected chi connectivity index (χ2v) is 9.65. The average molecular weight is 559 g/mol. The first-order chi connectivity index (χ1) is 20.4. The van der Waals surface area contributed by atoms with Crippen molar-refractivity contribution in [3.63, 3.8) is 0 Å². The normalized spacial score (nSPS) is 12.3. The van der Waals surface area contributed by atoms with E-state index in [0.717, 1.165) is 5.39 Å². The molecule has 0 aliphatic carbocycles. The molecule has 0 saturated carbocycles. The Labute approximate surface area is 242 Å². The summed E-state index contributed by atoms with van der Waals surface area (Å²) in [6.07, 6.45) is 3.67. The van der Waals surface area contributed by atoms with Crippen LogP contribution in [0, 0.1) is 11.8 Å². The van der Waals surface area contributed by atoms with Gasteiger partial charge in [-0.1, -0.05) is 48.8 Å². The highest BCUT2D eigenvalue weighted by Crippen LogP contribution is 2.29. The highest BCUT2D eigenvalue weighted by Gasteiger charge is 2.23. The first-order valence-electron chi connectivity index (χ1n) is 13.5. The number of hydrogen-bond acceptors (Lipinski definition) is 7. The number of nitrogen functional groups attached to an aromatic ring is 1. The van der Waals surface area contributed by atoms with E-state index in [9.17, 15) is 14.7 Å². The number of carbonyl (C=O) groups is 1. The monoisotopic (exact) mass is 558 g/mol. The van der Waals surface area contributed by atoms with Gasteiger partial charge in [0, 0.05) is 53.7 Å². The summed E-state index contributed by atoms with van der Waals surface area (Å²) in [5.41, 5.74) is 8.74. The predicted molar refractivity (Wildman–Crippen MR) is 165 cm³/mol. The third-order valence-electron chi connectivity index (χ3n) is 6.88. The van der Waals surface area contributed by atoms with Crippen molar-refractivity contribution in [1.29, 1.82) is 0 Å². The van der Waals surface area contributed by atoms with E-state index in [1.807, 2.05) is 67.6 Å². The van der Waals surface area contributed by atoms with E-state index >= 15 is 0 Å². The lowest BCUT2D eigenvalue weighted by molar-refractivity contribution is -0.116. The van der Waals surface area contributed by atoms with Gasteiger partial charge in [0.15, 0.2) is 0 Å². The zero-order valence-electron chi connectivity index (χ0n) is 23.0. The van der Waals surface area contributed by atoms with Crippen molar-refractivity contribution in [2.75, 3.05) is 12.3 Å². The number of nitrogens with one attached hydrogen (secondary N) is 2. The first-order valence-corrected chi connectivity index (χ1v) is 13.5. The Morgan fingerprint density at radius 3 is 2.69 bits per heavy atom. The highest BCUT2D eigenvalue weighted by atomic mass is 16.3. The first kappa shape index (κ1) is 28.2. The maximum Gasteiger partial charge on any atom is 0.264 e. The molecule has 1 unspecified atom stereocenters. The number of rotatable bonds is 8. The minimum atomic E-state index is -1.21. The number of pyridine rings is 3. The average Bonchev–Trinajstić information content (AvgIpc) is 3.00. The molecule has 1 amide bonds. The van der Waals surface area contributed by atoms with Gasteiger partial charge < -0.3 is 16.2 Å². The van der Waals surface area contributed by atoms with Crippen molar-refractivity contribution in [1.82, 2.24) is 25.2 Å². The lowest BCUT2D eigenvalue weighted by Gasteiger charge is -2.24. The molecule has 2 atom stereocenters.